The fourth-order valence-corrected chi connectivity index (χ4v) is 1.57. The van der Waals surface area contributed by atoms with Crippen molar-refractivity contribution in [3.63, 3.8) is 0 Å². The summed E-state index contributed by atoms with van der Waals surface area (Å²) in [6, 6.07) is 5.68. The number of hydrogen-bond acceptors (Lipinski definition) is 5. The maximum absolute atomic E-state index is 10.9. The van der Waals surface area contributed by atoms with E-state index in [9.17, 15) is 14.9 Å². The number of carboxylic acids is 1. The second-order valence-corrected chi connectivity index (χ2v) is 4.04. The van der Waals surface area contributed by atoms with Gasteiger partial charge >= 0.3 is 11.7 Å². The lowest BCUT2D eigenvalue weighted by molar-refractivity contribution is -0.385. The van der Waals surface area contributed by atoms with Crippen molar-refractivity contribution in [3.8, 4) is 11.5 Å². The minimum absolute atomic E-state index is 0.0411. The first-order chi connectivity index (χ1) is 9.47. The van der Waals surface area contributed by atoms with Crippen LogP contribution in [0.5, 0.6) is 11.5 Å². The highest BCUT2D eigenvalue weighted by molar-refractivity contribution is 5.87. The third-order valence-corrected chi connectivity index (χ3v) is 2.50. The van der Waals surface area contributed by atoms with Crippen LogP contribution in [-0.4, -0.2) is 21.0 Å². The molecule has 20 heavy (non-hydrogen) atoms. The number of nitro groups is 1. The molecule has 0 saturated heterocycles. The Morgan fingerprint density at radius 3 is 2.75 bits per heavy atom. The standard InChI is InChI=1S/C13H10N2O5/c1-8-2-3-11(15(18)19)12(4-8)20-10-5-9(13(16)17)6-14-7-10/h2-7H,1H3,(H,16,17). The summed E-state index contributed by atoms with van der Waals surface area (Å²) in [7, 11) is 0. The number of aryl methyl sites for hydroxylation is 1. The molecule has 0 radical (unpaired) electrons. The van der Waals surface area contributed by atoms with Crippen molar-refractivity contribution in [1.29, 1.82) is 0 Å². The van der Waals surface area contributed by atoms with Gasteiger partial charge in [0.2, 0.25) is 5.75 Å². The van der Waals surface area contributed by atoms with Gasteiger partial charge in [-0.1, -0.05) is 6.07 Å². The van der Waals surface area contributed by atoms with Crippen molar-refractivity contribution >= 4 is 11.7 Å². The van der Waals surface area contributed by atoms with Gasteiger partial charge in [-0.15, -0.1) is 0 Å². The van der Waals surface area contributed by atoms with Gasteiger partial charge in [0, 0.05) is 12.3 Å². The van der Waals surface area contributed by atoms with Gasteiger partial charge in [0.05, 0.1) is 16.7 Å². The third kappa shape index (κ3) is 2.89. The molecule has 0 atom stereocenters. The summed E-state index contributed by atoms with van der Waals surface area (Å²) >= 11 is 0. The normalized spacial score (nSPS) is 10.1. The Hall–Kier alpha value is -2.96. The average molecular weight is 274 g/mol. The molecule has 0 bridgehead atoms. The van der Waals surface area contributed by atoms with Crippen LogP contribution in [0.15, 0.2) is 36.7 Å². The Balaban J connectivity index is 2.39. The molecule has 0 aliphatic rings. The molecule has 7 heteroatoms. The predicted molar refractivity (Wildman–Crippen MR) is 69.1 cm³/mol. The molecular weight excluding hydrogens is 264 g/mol. The van der Waals surface area contributed by atoms with Crippen LogP contribution in [-0.2, 0) is 0 Å². The number of ether oxygens (including phenoxy) is 1. The van der Waals surface area contributed by atoms with E-state index in [1.54, 1.807) is 13.0 Å². The largest absolute Gasteiger partial charge is 0.478 e. The first-order valence-corrected chi connectivity index (χ1v) is 5.58. The van der Waals surface area contributed by atoms with Crippen molar-refractivity contribution < 1.29 is 19.6 Å². The predicted octanol–water partition coefficient (Wildman–Crippen LogP) is 2.79. The summed E-state index contributed by atoms with van der Waals surface area (Å²) in [4.78, 5) is 24.9. The van der Waals surface area contributed by atoms with E-state index >= 15 is 0 Å². The van der Waals surface area contributed by atoms with Gasteiger partial charge in [-0.25, -0.2) is 4.79 Å². The van der Waals surface area contributed by atoms with Crippen molar-refractivity contribution in [3.05, 3.63) is 57.9 Å². The van der Waals surface area contributed by atoms with Crippen LogP contribution in [0.3, 0.4) is 0 Å². The summed E-state index contributed by atoms with van der Waals surface area (Å²) in [6.45, 7) is 1.77. The van der Waals surface area contributed by atoms with Gasteiger partial charge in [0.25, 0.3) is 0 Å². The van der Waals surface area contributed by atoms with E-state index in [0.29, 0.717) is 0 Å². The number of nitrogens with zero attached hydrogens (tertiary/aromatic N) is 2. The molecular formula is C13H10N2O5. The summed E-state index contributed by atoms with van der Waals surface area (Å²) in [5.74, 6) is -0.986. The fourth-order valence-electron chi connectivity index (χ4n) is 1.57. The van der Waals surface area contributed by atoms with Crippen LogP contribution >= 0.6 is 0 Å². The lowest BCUT2D eigenvalue weighted by Crippen LogP contribution is -1.98. The van der Waals surface area contributed by atoms with Crippen LogP contribution in [0.1, 0.15) is 15.9 Å². The van der Waals surface area contributed by atoms with Gasteiger partial charge in [0.15, 0.2) is 0 Å². The summed E-state index contributed by atoms with van der Waals surface area (Å²) in [6.07, 6.45) is 2.46. The number of hydrogen-bond donors (Lipinski definition) is 1. The Labute approximate surface area is 113 Å². The van der Waals surface area contributed by atoms with E-state index in [1.807, 2.05) is 0 Å². The number of rotatable bonds is 4. The zero-order valence-electron chi connectivity index (χ0n) is 10.4. The molecule has 1 heterocycles. The van der Waals surface area contributed by atoms with Crippen LogP contribution in [0.4, 0.5) is 5.69 Å². The first-order valence-electron chi connectivity index (χ1n) is 5.58. The molecule has 2 rings (SSSR count). The van der Waals surface area contributed by atoms with E-state index in [4.69, 9.17) is 9.84 Å². The van der Waals surface area contributed by atoms with Crippen LogP contribution in [0.2, 0.25) is 0 Å². The maximum atomic E-state index is 10.9. The second-order valence-electron chi connectivity index (χ2n) is 4.04. The number of aromatic nitrogens is 1. The zero-order valence-corrected chi connectivity index (χ0v) is 10.4. The van der Waals surface area contributed by atoms with Gasteiger partial charge in [-0.3, -0.25) is 15.1 Å². The van der Waals surface area contributed by atoms with Gasteiger partial charge in [-0.2, -0.15) is 0 Å². The molecule has 0 saturated carbocycles. The highest BCUT2D eigenvalue weighted by Crippen LogP contribution is 2.32. The molecule has 0 aliphatic carbocycles. The number of nitro benzene ring substituents is 1. The molecule has 1 N–H and O–H groups in total. The number of carbonyl (C=O) groups is 1. The molecule has 102 valence electrons. The van der Waals surface area contributed by atoms with Crippen LogP contribution < -0.4 is 4.74 Å². The lowest BCUT2D eigenvalue weighted by atomic mass is 10.2. The number of benzene rings is 1. The van der Waals surface area contributed by atoms with E-state index in [0.717, 1.165) is 5.56 Å². The van der Waals surface area contributed by atoms with Gasteiger partial charge in [0.1, 0.15) is 5.75 Å². The molecule has 2 aromatic rings. The molecule has 0 aliphatic heterocycles. The molecule has 0 amide bonds. The summed E-state index contributed by atoms with van der Waals surface area (Å²) in [5.41, 5.74) is 0.530. The minimum Gasteiger partial charge on any atom is -0.478 e. The maximum Gasteiger partial charge on any atom is 0.337 e. The molecule has 0 spiro atoms. The smallest absolute Gasteiger partial charge is 0.337 e. The van der Waals surface area contributed by atoms with Gasteiger partial charge < -0.3 is 9.84 Å². The monoisotopic (exact) mass is 274 g/mol. The van der Waals surface area contributed by atoms with Crippen molar-refractivity contribution in [2.45, 2.75) is 6.92 Å². The van der Waals surface area contributed by atoms with Crippen LogP contribution in [0, 0.1) is 17.0 Å². The quantitative estimate of drug-likeness (QED) is 0.679. The Morgan fingerprint density at radius 2 is 2.10 bits per heavy atom. The number of pyridine rings is 1. The molecule has 1 aromatic heterocycles. The molecule has 7 nitrogen and oxygen atoms in total. The second kappa shape index (κ2) is 5.35. The SMILES string of the molecule is Cc1ccc([N+](=O)[O-])c(Oc2cncc(C(=O)O)c2)c1. The molecule has 0 unspecified atom stereocenters. The first kappa shape index (κ1) is 13.5. The van der Waals surface area contributed by atoms with E-state index < -0.39 is 10.9 Å². The van der Waals surface area contributed by atoms with Crippen molar-refractivity contribution in [2.75, 3.05) is 0 Å². The highest BCUT2D eigenvalue weighted by Gasteiger charge is 2.16. The van der Waals surface area contributed by atoms with E-state index in [-0.39, 0.29) is 22.7 Å². The summed E-state index contributed by atoms with van der Waals surface area (Å²) in [5, 5.41) is 19.8. The van der Waals surface area contributed by atoms with Gasteiger partial charge in [-0.05, 0) is 24.6 Å². The molecule has 0 fully saturated rings. The number of carboxylic acid groups (broad SMARTS) is 1. The third-order valence-electron chi connectivity index (χ3n) is 2.50. The Bertz CT molecular complexity index is 684. The van der Waals surface area contributed by atoms with Crippen molar-refractivity contribution in [2.24, 2.45) is 0 Å². The highest BCUT2D eigenvalue weighted by atomic mass is 16.6. The average Bonchev–Trinajstić information content (AvgIpc) is 2.38. The Kier molecular flexibility index (Phi) is 3.60. The lowest BCUT2D eigenvalue weighted by Gasteiger charge is -2.07. The zero-order chi connectivity index (χ0) is 14.7. The fraction of sp³-hybridized carbons (Fsp3) is 0.0769. The summed E-state index contributed by atoms with van der Waals surface area (Å²) < 4.78 is 5.37. The van der Waals surface area contributed by atoms with E-state index in [1.165, 1.54) is 30.6 Å². The number of aromatic carboxylic acids is 1. The van der Waals surface area contributed by atoms with Crippen molar-refractivity contribution in [1.82, 2.24) is 4.98 Å². The minimum atomic E-state index is -1.15. The van der Waals surface area contributed by atoms with E-state index in [2.05, 4.69) is 4.98 Å². The topological polar surface area (TPSA) is 103 Å². The molecule has 1 aromatic carbocycles. The Morgan fingerprint density at radius 1 is 1.35 bits per heavy atom. The van der Waals surface area contributed by atoms with Crippen LogP contribution in [0.25, 0.3) is 0 Å².